The third-order valence-corrected chi connectivity index (χ3v) is 4.70. The van der Waals surface area contributed by atoms with E-state index in [9.17, 15) is 14.9 Å². The molecule has 7 nitrogen and oxygen atoms in total. The first-order chi connectivity index (χ1) is 13.1. The van der Waals surface area contributed by atoms with E-state index in [-0.39, 0.29) is 17.5 Å². The van der Waals surface area contributed by atoms with Crippen LogP contribution in [0.1, 0.15) is 12.5 Å². The Kier molecular flexibility index (Phi) is 5.69. The first-order valence-corrected chi connectivity index (χ1v) is 8.93. The molecule has 27 heavy (non-hydrogen) atoms. The van der Waals surface area contributed by atoms with Gasteiger partial charge in [-0.3, -0.25) is 9.59 Å². The van der Waals surface area contributed by atoms with Gasteiger partial charge in [-0.2, -0.15) is 5.26 Å². The van der Waals surface area contributed by atoms with Crippen LogP contribution in [0.25, 0.3) is 10.9 Å². The molecular weight excluding hydrogens is 344 g/mol. The largest absolute Gasteiger partial charge is 0.380 e. The van der Waals surface area contributed by atoms with Crippen molar-refractivity contribution in [3.05, 3.63) is 52.8 Å². The Balaban J connectivity index is 2.28. The van der Waals surface area contributed by atoms with Crippen LogP contribution in [0.4, 0.5) is 5.69 Å². The zero-order valence-corrected chi connectivity index (χ0v) is 15.3. The zero-order valence-electron chi connectivity index (χ0n) is 15.3. The number of amides is 1. The number of pyridine rings is 1. The third-order valence-electron chi connectivity index (χ3n) is 4.70. The summed E-state index contributed by atoms with van der Waals surface area (Å²) >= 11 is 0. The highest BCUT2D eigenvalue weighted by Crippen LogP contribution is 2.31. The molecule has 140 valence electrons. The number of nitriles is 1. The fraction of sp³-hybridized carbons (Fsp3) is 0.350. The standard InChI is InChI=1S/C20H22N4O3/c1-3-18(25)24(14-12-22-13-14)19-15-7-5-6-8-17(15)23(9-10-27-4-2)20(26)16(19)11-21/h3,5-8,14,22H,1,4,9-10,12-13H2,2H3. The Bertz CT molecular complexity index is 970. The first-order valence-electron chi connectivity index (χ1n) is 8.93. The van der Waals surface area contributed by atoms with Gasteiger partial charge in [-0.25, -0.2) is 0 Å². The molecule has 0 aliphatic carbocycles. The summed E-state index contributed by atoms with van der Waals surface area (Å²) in [6, 6.07) is 9.23. The second kappa shape index (κ2) is 8.16. The molecule has 0 saturated carbocycles. The molecule has 7 heteroatoms. The number of fused-ring (bicyclic) bond motifs is 1. The van der Waals surface area contributed by atoms with Crippen LogP contribution in [0.3, 0.4) is 0 Å². The van der Waals surface area contributed by atoms with Crippen LogP contribution in [-0.2, 0) is 16.1 Å². The summed E-state index contributed by atoms with van der Waals surface area (Å²) in [5, 5.41) is 13.6. The van der Waals surface area contributed by atoms with E-state index < -0.39 is 5.56 Å². The van der Waals surface area contributed by atoms with Gasteiger partial charge in [0, 0.05) is 31.6 Å². The van der Waals surface area contributed by atoms with Gasteiger partial charge in [-0.05, 0) is 19.1 Å². The highest BCUT2D eigenvalue weighted by Gasteiger charge is 2.33. The Labute approximate surface area is 157 Å². The minimum atomic E-state index is -0.417. The monoisotopic (exact) mass is 366 g/mol. The quantitative estimate of drug-likeness (QED) is 0.591. The van der Waals surface area contributed by atoms with Gasteiger partial charge >= 0.3 is 0 Å². The molecule has 1 aliphatic rings. The topological polar surface area (TPSA) is 87.4 Å². The Morgan fingerprint density at radius 3 is 2.81 bits per heavy atom. The van der Waals surface area contributed by atoms with Crippen molar-refractivity contribution in [3.63, 3.8) is 0 Å². The number of para-hydroxylation sites is 1. The lowest BCUT2D eigenvalue weighted by Gasteiger charge is -2.38. The molecule has 1 aliphatic heterocycles. The number of nitrogens with one attached hydrogen (secondary N) is 1. The Morgan fingerprint density at radius 1 is 1.48 bits per heavy atom. The van der Waals surface area contributed by atoms with Crippen LogP contribution in [0.5, 0.6) is 0 Å². The number of benzene rings is 1. The van der Waals surface area contributed by atoms with E-state index in [4.69, 9.17) is 4.74 Å². The van der Waals surface area contributed by atoms with Crippen molar-refractivity contribution in [3.8, 4) is 6.07 Å². The lowest BCUT2D eigenvalue weighted by Crippen LogP contribution is -2.59. The van der Waals surface area contributed by atoms with Crippen molar-refractivity contribution in [1.82, 2.24) is 9.88 Å². The number of hydrogen-bond donors (Lipinski definition) is 1. The molecule has 1 amide bonds. The maximum Gasteiger partial charge on any atom is 0.271 e. The summed E-state index contributed by atoms with van der Waals surface area (Å²) in [6.07, 6.45) is 1.22. The van der Waals surface area contributed by atoms with Crippen LogP contribution < -0.4 is 15.8 Å². The second-order valence-corrected chi connectivity index (χ2v) is 6.23. The van der Waals surface area contributed by atoms with E-state index in [2.05, 4.69) is 11.9 Å². The molecule has 1 saturated heterocycles. The molecule has 2 heterocycles. The molecule has 2 aromatic rings. The number of aromatic nitrogens is 1. The van der Waals surface area contributed by atoms with E-state index in [0.29, 0.717) is 49.4 Å². The number of carbonyl (C=O) groups is 1. The lowest BCUT2D eigenvalue weighted by atomic mass is 10.0. The molecule has 3 rings (SSSR count). The van der Waals surface area contributed by atoms with Gasteiger partial charge in [0.2, 0.25) is 0 Å². The highest BCUT2D eigenvalue weighted by atomic mass is 16.5. The van der Waals surface area contributed by atoms with Crippen molar-refractivity contribution >= 4 is 22.5 Å². The molecule has 0 spiro atoms. The zero-order chi connectivity index (χ0) is 19.4. The van der Waals surface area contributed by atoms with E-state index >= 15 is 0 Å². The fourth-order valence-electron chi connectivity index (χ4n) is 3.29. The molecule has 1 N–H and O–H groups in total. The highest BCUT2D eigenvalue weighted by molar-refractivity contribution is 6.09. The van der Waals surface area contributed by atoms with Gasteiger partial charge in [0.05, 0.1) is 23.9 Å². The van der Waals surface area contributed by atoms with Crippen molar-refractivity contribution in [2.45, 2.75) is 19.5 Å². The predicted molar refractivity (Wildman–Crippen MR) is 104 cm³/mol. The maximum absolute atomic E-state index is 13.1. The van der Waals surface area contributed by atoms with Crippen molar-refractivity contribution < 1.29 is 9.53 Å². The average molecular weight is 366 g/mol. The van der Waals surface area contributed by atoms with Gasteiger partial charge in [0.1, 0.15) is 11.6 Å². The summed E-state index contributed by atoms with van der Waals surface area (Å²) in [7, 11) is 0. The van der Waals surface area contributed by atoms with Gasteiger partial charge in [-0.1, -0.05) is 24.8 Å². The Morgan fingerprint density at radius 2 is 2.22 bits per heavy atom. The molecule has 1 fully saturated rings. The summed E-state index contributed by atoms with van der Waals surface area (Å²) in [5.41, 5.74) is 0.583. The minimum Gasteiger partial charge on any atom is -0.380 e. The van der Waals surface area contributed by atoms with E-state index in [1.54, 1.807) is 4.57 Å². The van der Waals surface area contributed by atoms with Crippen molar-refractivity contribution in [2.24, 2.45) is 0 Å². The molecule has 1 aromatic heterocycles. The van der Waals surface area contributed by atoms with Crippen molar-refractivity contribution in [1.29, 1.82) is 5.26 Å². The van der Waals surface area contributed by atoms with Gasteiger partial charge in [0.25, 0.3) is 11.5 Å². The number of hydrogen-bond acceptors (Lipinski definition) is 5. The van der Waals surface area contributed by atoms with Crippen LogP contribution in [0.2, 0.25) is 0 Å². The van der Waals surface area contributed by atoms with Gasteiger partial charge in [0.15, 0.2) is 0 Å². The smallest absolute Gasteiger partial charge is 0.271 e. The second-order valence-electron chi connectivity index (χ2n) is 6.23. The summed E-state index contributed by atoms with van der Waals surface area (Å²) in [5.74, 6) is -0.324. The number of carbonyl (C=O) groups excluding carboxylic acids is 1. The van der Waals surface area contributed by atoms with E-state index in [0.717, 1.165) is 0 Å². The normalized spacial score (nSPS) is 13.8. The molecule has 0 bridgehead atoms. The predicted octanol–water partition coefficient (Wildman–Crippen LogP) is 1.40. The molecule has 0 unspecified atom stereocenters. The number of anilines is 1. The van der Waals surface area contributed by atoms with Crippen molar-refractivity contribution in [2.75, 3.05) is 31.2 Å². The van der Waals surface area contributed by atoms with Gasteiger partial charge in [-0.15, -0.1) is 0 Å². The molecule has 1 aromatic carbocycles. The summed E-state index contributed by atoms with van der Waals surface area (Å²) < 4.78 is 6.93. The molecular formula is C20H22N4O3. The summed E-state index contributed by atoms with van der Waals surface area (Å²) in [4.78, 5) is 27.2. The molecule has 0 atom stereocenters. The number of ether oxygens (including phenoxy) is 1. The molecule has 0 radical (unpaired) electrons. The van der Waals surface area contributed by atoms with Crippen LogP contribution >= 0.6 is 0 Å². The SMILES string of the molecule is C=CC(=O)N(c1c(C#N)c(=O)n(CCOCC)c2ccccc12)C1CNC1. The van der Waals surface area contributed by atoms with E-state index in [1.807, 2.05) is 37.3 Å². The third kappa shape index (κ3) is 3.37. The lowest BCUT2D eigenvalue weighted by molar-refractivity contribution is -0.114. The number of nitrogens with zero attached hydrogens (tertiary/aromatic N) is 3. The van der Waals surface area contributed by atoms with Crippen LogP contribution in [0.15, 0.2) is 41.7 Å². The van der Waals surface area contributed by atoms with Gasteiger partial charge < -0.3 is 19.5 Å². The average Bonchev–Trinajstić information content (AvgIpc) is 2.65. The van der Waals surface area contributed by atoms with Crippen LogP contribution in [-0.4, -0.2) is 42.8 Å². The fourth-order valence-corrected chi connectivity index (χ4v) is 3.29. The van der Waals surface area contributed by atoms with Crippen LogP contribution in [0, 0.1) is 11.3 Å². The number of rotatable bonds is 7. The summed E-state index contributed by atoms with van der Waals surface area (Å²) in [6.45, 7) is 7.92. The maximum atomic E-state index is 13.1. The minimum absolute atomic E-state index is 0.0349. The Hall–Kier alpha value is -2.95. The first kappa shape index (κ1) is 18.8. The van der Waals surface area contributed by atoms with E-state index in [1.165, 1.54) is 11.0 Å².